The Bertz CT molecular complexity index is 422. The monoisotopic (exact) mass is 195 g/mol. The number of nitrogens with zero attached hydrogens (tertiary/aromatic N) is 1. The minimum Gasteiger partial charge on any atom is -0.345 e. The first kappa shape index (κ1) is 8.53. The first-order chi connectivity index (χ1) is 6.31. The summed E-state index contributed by atoms with van der Waals surface area (Å²) in [5.41, 5.74) is 1.97. The van der Waals surface area contributed by atoms with Gasteiger partial charge in [-0.3, -0.25) is 0 Å². The van der Waals surface area contributed by atoms with E-state index in [1.807, 2.05) is 19.3 Å². The molecular weight excluding hydrogens is 186 g/mol. The summed E-state index contributed by atoms with van der Waals surface area (Å²) in [6.45, 7) is 0.810. The van der Waals surface area contributed by atoms with Crippen LogP contribution in [0, 0.1) is 0 Å². The molecule has 0 radical (unpaired) electrons. The molecule has 3 nitrogen and oxygen atoms in total. The fourth-order valence-corrected chi connectivity index (χ4v) is 1.51. The van der Waals surface area contributed by atoms with Crippen LogP contribution in [-0.4, -0.2) is 17.0 Å². The molecule has 2 rings (SSSR count). The van der Waals surface area contributed by atoms with E-state index in [0.717, 1.165) is 28.2 Å². The maximum atomic E-state index is 5.95. The van der Waals surface area contributed by atoms with Crippen LogP contribution in [-0.2, 0) is 6.54 Å². The molecule has 68 valence electrons. The van der Waals surface area contributed by atoms with Crippen LogP contribution in [0.25, 0.3) is 11.0 Å². The molecular formula is C9H10ClN3. The molecule has 0 aromatic carbocycles. The molecule has 2 heterocycles. The van der Waals surface area contributed by atoms with E-state index in [4.69, 9.17) is 11.6 Å². The van der Waals surface area contributed by atoms with Crippen molar-refractivity contribution in [3.8, 4) is 0 Å². The SMILES string of the molecule is CNCc1cnc2[nH]cc(Cl)c2c1. The minimum absolute atomic E-state index is 0.723. The molecule has 0 amide bonds. The lowest BCUT2D eigenvalue weighted by atomic mass is 10.2. The topological polar surface area (TPSA) is 40.7 Å². The van der Waals surface area contributed by atoms with E-state index >= 15 is 0 Å². The smallest absolute Gasteiger partial charge is 0.138 e. The molecule has 2 aromatic rings. The van der Waals surface area contributed by atoms with Crippen LogP contribution >= 0.6 is 11.6 Å². The van der Waals surface area contributed by atoms with Gasteiger partial charge in [-0.2, -0.15) is 0 Å². The molecule has 0 aliphatic heterocycles. The summed E-state index contributed by atoms with van der Waals surface area (Å²) in [6.07, 6.45) is 3.59. The Labute approximate surface area is 81.1 Å². The van der Waals surface area contributed by atoms with Gasteiger partial charge in [-0.05, 0) is 18.7 Å². The van der Waals surface area contributed by atoms with Crippen LogP contribution < -0.4 is 5.32 Å². The van der Waals surface area contributed by atoms with Gasteiger partial charge in [0, 0.05) is 24.3 Å². The molecule has 13 heavy (non-hydrogen) atoms. The number of fused-ring (bicyclic) bond motifs is 1. The van der Waals surface area contributed by atoms with Crippen molar-refractivity contribution in [2.45, 2.75) is 6.54 Å². The third kappa shape index (κ3) is 1.53. The predicted molar refractivity (Wildman–Crippen MR) is 53.9 cm³/mol. The largest absolute Gasteiger partial charge is 0.345 e. The van der Waals surface area contributed by atoms with Crippen molar-refractivity contribution in [3.05, 3.63) is 29.0 Å². The van der Waals surface area contributed by atoms with Gasteiger partial charge in [-0.1, -0.05) is 11.6 Å². The second-order valence-corrected chi connectivity index (χ2v) is 3.31. The predicted octanol–water partition coefficient (Wildman–Crippen LogP) is 1.94. The fraction of sp³-hybridized carbons (Fsp3) is 0.222. The highest BCUT2D eigenvalue weighted by atomic mass is 35.5. The first-order valence-corrected chi connectivity index (χ1v) is 4.45. The van der Waals surface area contributed by atoms with Crippen LogP contribution in [0.2, 0.25) is 5.02 Å². The lowest BCUT2D eigenvalue weighted by Crippen LogP contribution is -2.04. The molecule has 2 N–H and O–H groups in total. The van der Waals surface area contributed by atoms with Crippen molar-refractivity contribution in [1.82, 2.24) is 15.3 Å². The van der Waals surface area contributed by atoms with Gasteiger partial charge < -0.3 is 10.3 Å². The number of hydrogen-bond donors (Lipinski definition) is 2. The Balaban J connectivity index is 2.53. The lowest BCUT2D eigenvalue weighted by Gasteiger charge is -1.98. The quantitative estimate of drug-likeness (QED) is 0.769. The van der Waals surface area contributed by atoms with Crippen molar-refractivity contribution in [3.63, 3.8) is 0 Å². The number of H-pyrrole nitrogens is 1. The zero-order valence-electron chi connectivity index (χ0n) is 7.26. The summed E-state index contributed by atoms with van der Waals surface area (Å²) in [5, 5.41) is 4.77. The number of nitrogens with one attached hydrogen (secondary N) is 2. The van der Waals surface area contributed by atoms with Crippen LogP contribution in [0.15, 0.2) is 18.5 Å². The second-order valence-electron chi connectivity index (χ2n) is 2.91. The Morgan fingerprint density at radius 1 is 1.62 bits per heavy atom. The van der Waals surface area contributed by atoms with Gasteiger partial charge in [-0.15, -0.1) is 0 Å². The summed E-state index contributed by atoms with van der Waals surface area (Å²) in [5.74, 6) is 0. The standard InChI is InChI=1S/C9H10ClN3/c1-11-3-6-2-7-8(10)5-13-9(7)12-4-6/h2,4-5,11H,3H2,1H3,(H,12,13). The van der Waals surface area contributed by atoms with Crippen molar-refractivity contribution in [2.24, 2.45) is 0 Å². The summed E-state index contributed by atoms with van der Waals surface area (Å²) < 4.78 is 0. The maximum absolute atomic E-state index is 5.95. The Morgan fingerprint density at radius 2 is 2.46 bits per heavy atom. The van der Waals surface area contributed by atoms with E-state index in [1.54, 1.807) is 6.20 Å². The highest BCUT2D eigenvalue weighted by Gasteiger charge is 2.02. The average molecular weight is 196 g/mol. The Hall–Kier alpha value is -1.06. The van der Waals surface area contributed by atoms with Gasteiger partial charge in [0.15, 0.2) is 0 Å². The third-order valence-corrected chi connectivity index (χ3v) is 2.23. The Morgan fingerprint density at radius 3 is 3.23 bits per heavy atom. The number of hydrogen-bond acceptors (Lipinski definition) is 2. The van der Waals surface area contributed by atoms with Crippen molar-refractivity contribution < 1.29 is 0 Å². The minimum atomic E-state index is 0.723. The van der Waals surface area contributed by atoms with Crippen LogP contribution in [0.3, 0.4) is 0 Å². The lowest BCUT2D eigenvalue weighted by molar-refractivity contribution is 0.815. The van der Waals surface area contributed by atoms with Gasteiger partial charge in [0.2, 0.25) is 0 Å². The number of aromatic amines is 1. The number of rotatable bonds is 2. The Kier molecular flexibility index (Phi) is 2.20. The molecule has 4 heteroatoms. The van der Waals surface area contributed by atoms with Gasteiger partial charge in [0.25, 0.3) is 0 Å². The molecule has 0 fully saturated rings. The van der Waals surface area contributed by atoms with Gasteiger partial charge in [-0.25, -0.2) is 4.98 Å². The van der Waals surface area contributed by atoms with Crippen LogP contribution in [0.1, 0.15) is 5.56 Å². The molecule has 0 spiro atoms. The summed E-state index contributed by atoms with van der Waals surface area (Å²) in [6, 6.07) is 2.04. The third-order valence-electron chi connectivity index (χ3n) is 1.92. The number of pyridine rings is 1. The maximum Gasteiger partial charge on any atom is 0.138 e. The highest BCUT2D eigenvalue weighted by molar-refractivity contribution is 6.35. The molecule has 0 aliphatic rings. The van der Waals surface area contributed by atoms with Gasteiger partial charge in [0.05, 0.1) is 5.02 Å². The highest BCUT2D eigenvalue weighted by Crippen LogP contribution is 2.21. The summed E-state index contributed by atoms with van der Waals surface area (Å²) >= 11 is 5.95. The molecule has 2 aromatic heterocycles. The normalized spacial score (nSPS) is 10.9. The van der Waals surface area contributed by atoms with Crippen molar-refractivity contribution in [2.75, 3.05) is 7.05 Å². The molecule has 0 saturated heterocycles. The summed E-state index contributed by atoms with van der Waals surface area (Å²) in [7, 11) is 1.91. The molecule has 0 atom stereocenters. The van der Waals surface area contributed by atoms with Gasteiger partial charge >= 0.3 is 0 Å². The van der Waals surface area contributed by atoms with E-state index in [2.05, 4.69) is 15.3 Å². The number of halogens is 1. The first-order valence-electron chi connectivity index (χ1n) is 4.07. The van der Waals surface area contributed by atoms with E-state index in [1.165, 1.54) is 0 Å². The summed E-state index contributed by atoms with van der Waals surface area (Å²) in [4.78, 5) is 7.23. The number of aromatic nitrogens is 2. The van der Waals surface area contributed by atoms with Gasteiger partial charge in [0.1, 0.15) is 5.65 Å². The van der Waals surface area contributed by atoms with E-state index < -0.39 is 0 Å². The molecule has 0 aliphatic carbocycles. The zero-order valence-corrected chi connectivity index (χ0v) is 8.02. The van der Waals surface area contributed by atoms with Crippen LogP contribution in [0.5, 0.6) is 0 Å². The van der Waals surface area contributed by atoms with E-state index in [9.17, 15) is 0 Å². The molecule has 0 saturated carbocycles. The molecule has 0 bridgehead atoms. The zero-order chi connectivity index (χ0) is 9.26. The van der Waals surface area contributed by atoms with Crippen molar-refractivity contribution >= 4 is 22.6 Å². The molecule has 0 unspecified atom stereocenters. The fourth-order valence-electron chi connectivity index (χ4n) is 1.32. The second kappa shape index (κ2) is 3.36. The van der Waals surface area contributed by atoms with Crippen molar-refractivity contribution in [1.29, 1.82) is 0 Å². The van der Waals surface area contributed by atoms with Crippen LogP contribution in [0.4, 0.5) is 0 Å². The average Bonchev–Trinajstić information content (AvgIpc) is 2.49. The van der Waals surface area contributed by atoms with E-state index in [-0.39, 0.29) is 0 Å². The van der Waals surface area contributed by atoms with E-state index in [0.29, 0.717) is 0 Å².